The van der Waals surface area contributed by atoms with E-state index in [-0.39, 0.29) is 29.3 Å². The predicted octanol–water partition coefficient (Wildman–Crippen LogP) is -0.0410. The van der Waals surface area contributed by atoms with Crippen LogP contribution in [0.3, 0.4) is 0 Å². The number of aliphatic hydroxyl groups is 11. The maximum absolute atomic E-state index is 14.9. The van der Waals surface area contributed by atoms with Gasteiger partial charge in [-0.2, -0.15) is 0 Å². The van der Waals surface area contributed by atoms with Crippen molar-refractivity contribution in [3.8, 4) is 0 Å². The van der Waals surface area contributed by atoms with Gasteiger partial charge in [-0.15, -0.1) is 0 Å². The van der Waals surface area contributed by atoms with Crippen LogP contribution < -0.4 is 0 Å². The average molecular weight is 943 g/mol. The van der Waals surface area contributed by atoms with Crippen molar-refractivity contribution in [1.82, 2.24) is 0 Å². The molecule has 7 rings (SSSR count). The molecule has 18 heteroatoms. The Morgan fingerprint density at radius 2 is 1.27 bits per heavy atom. The number of carbonyl (C=O) groups is 1. The van der Waals surface area contributed by atoms with E-state index in [0.717, 1.165) is 37.7 Å². The molecular formula is C48H78O18. The Kier molecular flexibility index (Phi) is 15.8. The second kappa shape index (κ2) is 19.9. The number of Topliss-reactive ketones (excluding diaryl/α,β-unsaturated/α-hetero) is 1. The molecule has 0 aromatic rings. The van der Waals surface area contributed by atoms with Gasteiger partial charge in [0.1, 0.15) is 79.0 Å². The average Bonchev–Trinajstić information content (AvgIpc) is 3.55. The molecule has 7 aliphatic rings. The number of aliphatic hydroxyl groups excluding tert-OH is 11. The van der Waals surface area contributed by atoms with E-state index in [1.165, 1.54) is 5.57 Å². The molecule has 0 unspecified atom stereocenters. The Hall–Kier alpha value is -1.53. The molecule has 0 aromatic carbocycles. The first-order chi connectivity index (χ1) is 31.0. The van der Waals surface area contributed by atoms with Crippen molar-refractivity contribution in [3.63, 3.8) is 0 Å². The number of hydrogen-bond acceptors (Lipinski definition) is 18. The van der Waals surface area contributed by atoms with Gasteiger partial charge in [-0.1, -0.05) is 64.8 Å². The van der Waals surface area contributed by atoms with E-state index in [9.17, 15) is 61.0 Å². The van der Waals surface area contributed by atoms with E-state index in [1.54, 1.807) is 0 Å². The number of ketones is 1. The Bertz CT molecular complexity index is 1760. The van der Waals surface area contributed by atoms with Crippen LogP contribution in [0.25, 0.3) is 0 Å². The lowest BCUT2D eigenvalue weighted by atomic mass is 9.38. The van der Waals surface area contributed by atoms with Gasteiger partial charge in [-0.25, -0.2) is 0 Å². The standard InChI is InChI=1S/C48H78O18/c1-22(20-61-42-40(59)38(57)35(54)29(65-42)21-62-43-39(58)36(55)33(52)27(18-49)63-43)9-8-10-23(2)24-15-16-46(5)30-13-11-25-26(48(30,7)31(51)17-47(24,46)6)12-14-32(45(25,3)4)66-44-41(60)37(56)34(53)28(19-50)64-44/h9,11,23-24,26-30,32-44,49-50,52-60H,8,10,12-21H2,1-7H3/b22-9-/t23-,24-,26-,27-,28-,29-,30+,32+,33-,34-,35-,36+,37+,38+,39-,40-,41-,42-,43-,44+,46+,47-,48+/m1/s1. The smallest absolute Gasteiger partial charge is 0.187 e. The summed E-state index contributed by atoms with van der Waals surface area (Å²) < 4.78 is 34.7. The first-order valence-corrected chi connectivity index (χ1v) is 24.1. The van der Waals surface area contributed by atoms with Gasteiger partial charge in [-0.3, -0.25) is 4.79 Å². The van der Waals surface area contributed by atoms with Crippen LogP contribution in [0.15, 0.2) is 23.3 Å². The van der Waals surface area contributed by atoms with Crippen LogP contribution in [0.1, 0.15) is 99.8 Å². The molecule has 18 nitrogen and oxygen atoms in total. The predicted molar refractivity (Wildman–Crippen MR) is 233 cm³/mol. The highest BCUT2D eigenvalue weighted by molar-refractivity contribution is 5.88. The molecule has 0 amide bonds. The maximum Gasteiger partial charge on any atom is 0.187 e. The van der Waals surface area contributed by atoms with Gasteiger partial charge < -0.3 is 84.6 Å². The summed E-state index contributed by atoms with van der Waals surface area (Å²) in [4.78, 5) is 14.9. The summed E-state index contributed by atoms with van der Waals surface area (Å²) in [5.41, 5.74) is 0.660. The van der Waals surface area contributed by atoms with Crippen LogP contribution in [0.4, 0.5) is 0 Å². The van der Waals surface area contributed by atoms with E-state index < -0.39 is 129 Å². The van der Waals surface area contributed by atoms with Gasteiger partial charge in [0.05, 0.1) is 32.5 Å². The van der Waals surface area contributed by atoms with Crippen molar-refractivity contribution < 1.29 is 89.4 Å². The quantitative estimate of drug-likeness (QED) is 0.102. The van der Waals surface area contributed by atoms with E-state index >= 15 is 0 Å². The van der Waals surface area contributed by atoms with Crippen LogP contribution in [0.5, 0.6) is 0 Å². The van der Waals surface area contributed by atoms with Gasteiger partial charge in [0, 0.05) is 17.3 Å². The van der Waals surface area contributed by atoms with Gasteiger partial charge in [0.25, 0.3) is 0 Å². The molecule has 4 aliphatic carbocycles. The third-order valence-electron chi connectivity index (χ3n) is 18.0. The summed E-state index contributed by atoms with van der Waals surface area (Å²) in [5, 5.41) is 113. The van der Waals surface area contributed by atoms with Crippen molar-refractivity contribution in [2.75, 3.05) is 26.4 Å². The molecule has 0 radical (unpaired) electrons. The summed E-state index contributed by atoms with van der Waals surface area (Å²) >= 11 is 0. The Morgan fingerprint density at radius 3 is 1.88 bits per heavy atom. The molecule has 378 valence electrons. The summed E-state index contributed by atoms with van der Waals surface area (Å²) in [6, 6.07) is 0. The summed E-state index contributed by atoms with van der Waals surface area (Å²) in [7, 11) is 0. The van der Waals surface area contributed by atoms with Crippen LogP contribution in [-0.4, -0.2) is 187 Å². The van der Waals surface area contributed by atoms with Crippen molar-refractivity contribution in [2.24, 2.45) is 45.3 Å². The minimum Gasteiger partial charge on any atom is -0.394 e. The molecule has 3 saturated heterocycles. The van der Waals surface area contributed by atoms with E-state index in [4.69, 9.17) is 28.4 Å². The molecule has 0 bridgehead atoms. The highest BCUT2D eigenvalue weighted by atomic mass is 16.7. The minimum absolute atomic E-state index is 0.0192. The molecule has 0 aromatic heterocycles. The zero-order valence-corrected chi connectivity index (χ0v) is 39.5. The highest BCUT2D eigenvalue weighted by Crippen LogP contribution is 2.74. The molecule has 66 heavy (non-hydrogen) atoms. The molecule has 0 spiro atoms. The fourth-order valence-electron chi connectivity index (χ4n) is 13.6. The molecule has 23 atom stereocenters. The summed E-state index contributed by atoms with van der Waals surface area (Å²) in [6.45, 7) is 13.7. The zero-order chi connectivity index (χ0) is 48.4. The van der Waals surface area contributed by atoms with Gasteiger partial charge in [0.2, 0.25) is 0 Å². The number of allylic oxidation sites excluding steroid dienone is 2. The third kappa shape index (κ3) is 8.94. The molecule has 6 fully saturated rings. The second-order valence-corrected chi connectivity index (χ2v) is 21.9. The lowest BCUT2D eigenvalue weighted by molar-refractivity contribution is -0.330. The minimum atomic E-state index is -1.67. The molecule has 3 saturated carbocycles. The maximum atomic E-state index is 14.9. The van der Waals surface area contributed by atoms with Gasteiger partial charge in [-0.05, 0) is 86.4 Å². The number of carbonyl (C=O) groups excluding carboxylic acids is 1. The third-order valence-corrected chi connectivity index (χ3v) is 18.0. The molecular weight excluding hydrogens is 865 g/mol. The fraction of sp³-hybridized carbons (Fsp3) is 0.896. The van der Waals surface area contributed by atoms with Crippen molar-refractivity contribution in [3.05, 3.63) is 23.3 Å². The molecule has 11 N–H and O–H groups in total. The lowest BCUT2D eigenvalue weighted by Crippen LogP contribution is -2.64. The monoisotopic (exact) mass is 943 g/mol. The van der Waals surface area contributed by atoms with Crippen LogP contribution in [-0.2, 0) is 33.2 Å². The molecule has 3 aliphatic heterocycles. The number of rotatable bonds is 14. The van der Waals surface area contributed by atoms with Crippen molar-refractivity contribution >= 4 is 5.78 Å². The Morgan fingerprint density at radius 1 is 0.727 bits per heavy atom. The van der Waals surface area contributed by atoms with Crippen LogP contribution in [0, 0.1) is 45.3 Å². The van der Waals surface area contributed by atoms with Crippen LogP contribution in [0.2, 0.25) is 0 Å². The van der Waals surface area contributed by atoms with Crippen molar-refractivity contribution in [2.45, 2.75) is 198 Å². The largest absolute Gasteiger partial charge is 0.394 e. The highest BCUT2D eigenvalue weighted by Gasteiger charge is 2.70. The Labute approximate surface area is 387 Å². The summed E-state index contributed by atoms with van der Waals surface area (Å²) in [5.74, 6) is 1.12. The molecule has 3 heterocycles. The SMILES string of the molecule is C/C(=C/CC[C@@H](C)[C@H]1CC[C@@]2(C)[C@@H]3CC=C4[C@@H](CC[C@H](O[C@@H]5O[C@H](CO)[C@@H](O)[C@H](O)[C@H]5O)C4(C)C)[C@]3(C)C(=O)C[C@]12C)CO[C@@H]1O[C@H](CO[C@@H]2O[C@H](CO)[C@@H](O)[C@H](O)[C@H]2O)[C@@H](O)[C@H](O)[C@H]1O. The topological polar surface area (TPSA) is 295 Å². The summed E-state index contributed by atoms with van der Waals surface area (Å²) in [6.07, 6.45) is -11.5. The first-order valence-electron chi connectivity index (χ1n) is 24.1. The second-order valence-electron chi connectivity index (χ2n) is 21.9. The number of hydrogen-bond donors (Lipinski definition) is 11. The fourth-order valence-corrected chi connectivity index (χ4v) is 13.6. The van der Waals surface area contributed by atoms with E-state index in [1.807, 2.05) is 6.92 Å². The normalized spacial score (nSPS) is 50.0. The van der Waals surface area contributed by atoms with Gasteiger partial charge >= 0.3 is 0 Å². The lowest BCUT2D eigenvalue weighted by Gasteiger charge is -2.65. The van der Waals surface area contributed by atoms with Crippen molar-refractivity contribution in [1.29, 1.82) is 0 Å². The zero-order valence-electron chi connectivity index (χ0n) is 39.5. The number of ether oxygens (including phenoxy) is 6. The van der Waals surface area contributed by atoms with E-state index in [0.29, 0.717) is 36.9 Å². The first kappa shape index (κ1) is 52.3. The number of fused-ring (bicyclic) bond motifs is 5. The van der Waals surface area contributed by atoms with Crippen LogP contribution >= 0.6 is 0 Å². The van der Waals surface area contributed by atoms with Gasteiger partial charge in [0.15, 0.2) is 18.9 Å². The van der Waals surface area contributed by atoms with E-state index in [2.05, 4.69) is 53.7 Å². The Balaban J connectivity index is 0.945.